The quantitative estimate of drug-likeness (QED) is 0.203. The molecule has 0 radical (unpaired) electrons. The number of guanidine groups is 2. The molecule has 1 amide bonds. The summed E-state index contributed by atoms with van der Waals surface area (Å²) in [5.74, 6) is -0.800. The number of nitrogens with one attached hydrogen (secondary N) is 1. The molecule has 1 rings (SSSR count). The van der Waals surface area contributed by atoms with Crippen molar-refractivity contribution in [1.82, 2.24) is 0 Å². The van der Waals surface area contributed by atoms with E-state index >= 15 is 0 Å². The van der Waals surface area contributed by atoms with E-state index in [-0.39, 0.29) is 29.0 Å². The van der Waals surface area contributed by atoms with Crippen LogP contribution in [0.1, 0.15) is 6.92 Å². The van der Waals surface area contributed by atoms with Crippen molar-refractivity contribution in [1.29, 1.82) is 0 Å². The number of carbonyl (C=O) groups is 1. The molecule has 0 aromatic heterocycles. The summed E-state index contributed by atoms with van der Waals surface area (Å²) in [5, 5.41) is 21.1. The van der Waals surface area contributed by atoms with Crippen molar-refractivity contribution in [3.63, 3.8) is 0 Å². The molecule has 0 aliphatic carbocycles. The largest absolute Gasteiger partial charge is 0.490 e. The molecule has 0 aliphatic rings. The van der Waals surface area contributed by atoms with Crippen LogP contribution in [0, 0.1) is 0 Å². The molecule has 0 heterocycles. The molecule has 0 saturated heterocycles. The maximum atomic E-state index is 10.9. The lowest BCUT2D eigenvalue weighted by atomic mass is 9.79. The fourth-order valence-corrected chi connectivity index (χ4v) is 1.42. The van der Waals surface area contributed by atoms with Crippen LogP contribution in [0.5, 0.6) is 0 Å². The first-order chi connectivity index (χ1) is 9.29. The van der Waals surface area contributed by atoms with E-state index in [1.165, 1.54) is 25.1 Å². The van der Waals surface area contributed by atoms with E-state index in [0.717, 1.165) is 0 Å². The van der Waals surface area contributed by atoms with Crippen LogP contribution >= 0.6 is 0 Å². The lowest BCUT2D eigenvalue weighted by Crippen LogP contribution is -2.31. The number of benzene rings is 1. The molecule has 20 heavy (non-hydrogen) atoms. The number of aliphatic imine (C=N–C) groups is 2. The summed E-state index contributed by atoms with van der Waals surface area (Å²) in [6.45, 7) is 1.33. The number of amides is 1. The highest BCUT2D eigenvalue weighted by Gasteiger charge is 2.17. The molecule has 9 nitrogen and oxygen atoms in total. The number of nitrogens with zero attached hydrogens (tertiary/aromatic N) is 2. The SMILES string of the molecule is CC(=O)Nc1ccc(N=C(N)N=C(N)N)c(B(O)O)c1. The van der Waals surface area contributed by atoms with Gasteiger partial charge in [0.2, 0.25) is 11.9 Å². The molecule has 0 atom stereocenters. The van der Waals surface area contributed by atoms with Gasteiger partial charge in [0.25, 0.3) is 0 Å². The predicted molar refractivity (Wildman–Crippen MR) is 77.7 cm³/mol. The highest BCUT2D eigenvalue weighted by atomic mass is 16.4. The van der Waals surface area contributed by atoms with Crippen LogP contribution in [0.15, 0.2) is 28.2 Å². The second-order valence-corrected chi connectivity index (χ2v) is 3.84. The van der Waals surface area contributed by atoms with Gasteiger partial charge in [-0.05, 0) is 18.2 Å². The molecule has 1 aromatic rings. The minimum absolute atomic E-state index is 0.0463. The zero-order valence-electron chi connectivity index (χ0n) is 10.7. The van der Waals surface area contributed by atoms with Crippen molar-refractivity contribution < 1.29 is 14.8 Å². The topological polar surface area (TPSA) is 172 Å². The van der Waals surface area contributed by atoms with Gasteiger partial charge < -0.3 is 32.6 Å². The minimum Gasteiger partial charge on any atom is -0.423 e. The molecular weight excluding hydrogens is 263 g/mol. The highest BCUT2D eigenvalue weighted by molar-refractivity contribution is 6.60. The molecule has 0 fully saturated rings. The number of rotatable bonds is 3. The van der Waals surface area contributed by atoms with Crippen molar-refractivity contribution in [2.75, 3.05) is 5.32 Å². The van der Waals surface area contributed by atoms with Gasteiger partial charge in [0.05, 0.1) is 5.69 Å². The Hall–Kier alpha value is -2.59. The Morgan fingerprint density at radius 3 is 2.45 bits per heavy atom. The minimum atomic E-state index is -1.80. The monoisotopic (exact) mass is 278 g/mol. The Kier molecular flexibility index (Phi) is 5.06. The van der Waals surface area contributed by atoms with Crippen LogP contribution in [0.25, 0.3) is 0 Å². The predicted octanol–water partition coefficient (Wildman–Crippen LogP) is -2.46. The summed E-state index contributed by atoms with van der Waals surface area (Å²) in [5.41, 5.74) is 16.4. The van der Waals surface area contributed by atoms with Crippen LogP contribution in [0.3, 0.4) is 0 Å². The van der Waals surface area contributed by atoms with Gasteiger partial charge in [0.1, 0.15) is 0 Å². The third-order valence-electron chi connectivity index (χ3n) is 2.10. The fraction of sp³-hybridized carbons (Fsp3) is 0.100. The summed E-state index contributed by atoms with van der Waals surface area (Å²) < 4.78 is 0. The number of hydrogen-bond donors (Lipinski definition) is 6. The van der Waals surface area contributed by atoms with Gasteiger partial charge in [-0.1, -0.05) is 0 Å². The maximum Gasteiger partial charge on any atom is 0.490 e. The molecule has 9 N–H and O–H groups in total. The molecule has 1 aromatic carbocycles. The summed E-state index contributed by atoms with van der Waals surface area (Å²) in [4.78, 5) is 18.3. The average molecular weight is 278 g/mol. The molecule has 106 valence electrons. The molecular formula is C10H15BN6O3. The second kappa shape index (κ2) is 6.54. The van der Waals surface area contributed by atoms with Gasteiger partial charge in [-0.3, -0.25) is 4.79 Å². The summed E-state index contributed by atoms with van der Waals surface area (Å²) >= 11 is 0. The van der Waals surface area contributed by atoms with E-state index in [1.54, 1.807) is 0 Å². The number of anilines is 1. The van der Waals surface area contributed by atoms with E-state index in [4.69, 9.17) is 17.2 Å². The Morgan fingerprint density at radius 2 is 1.95 bits per heavy atom. The van der Waals surface area contributed by atoms with Crippen LogP contribution in [0.4, 0.5) is 11.4 Å². The van der Waals surface area contributed by atoms with Gasteiger partial charge in [-0.25, -0.2) is 4.99 Å². The van der Waals surface area contributed by atoms with Gasteiger partial charge >= 0.3 is 7.12 Å². The summed E-state index contributed by atoms with van der Waals surface area (Å²) in [7, 11) is -1.80. The summed E-state index contributed by atoms with van der Waals surface area (Å²) in [6.07, 6.45) is 0. The van der Waals surface area contributed by atoms with Crippen LogP contribution in [-0.2, 0) is 4.79 Å². The number of nitrogens with two attached hydrogens (primary N) is 3. The number of hydrogen-bond acceptors (Lipinski definition) is 4. The van der Waals surface area contributed by atoms with Gasteiger partial charge in [0, 0.05) is 18.1 Å². The van der Waals surface area contributed by atoms with Crippen LogP contribution in [-0.4, -0.2) is 35.0 Å². The van der Waals surface area contributed by atoms with Crippen molar-refractivity contribution in [2.45, 2.75) is 6.92 Å². The van der Waals surface area contributed by atoms with Crippen molar-refractivity contribution in [3.05, 3.63) is 18.2 Å². The average Bonchev–Trinajstić information content (AvgIpc) is 2.28. The van der Waals surface area contributed by atoms with Crippen molar-refractivity contribution in [3.8, 4) is 0 Å². The Labute approximate surface area is 115 Å². The van der Waals surface area contributed by atoms with Crippen molar-refractivity contribution >= 4 is 41.8 Å². The second-order valence-electron chi connectivity index (χ2n) is 3.84. The molecule has 0 unspecified atom stereocenters. The highest BCUT2D eigenvalue weighted by Crippen LogP contribution is 2.15. The zero-order chi connectivity index (χ0) is 15.3. The smallest absolute Gasteiger partial charge is 0.423 e. The maximum absolute atomic E-state index is 10.9. The van der Waals surface area contributed by atoms with E-state index < -0.39 is 7.12 Å². The zero-order valence-corrected chi connectivity index (χ0v) is 10.7. The van der Waals surface area contributed by atoms with Crippen molar-refractivity contribution in [2.24, 2.45) is 27.2 Å². The van der Waals surface area contributed by atoms with E-state index in [9.17, 15) is 14.8 Å². The fourth-order valence-electron chi connectivity index (χ4n) is 1.42. The Bertz CT molecular complexity index is 568. The van der Waals surface area contributed by atoms with Crippen LogP contribution in [0.2, 0.25) is 0 Å². The van der Waals surface area contributed by atoms with Gasteiger partial charge in [-0.15, -0.1) is 0 Å². The Balaban J connectivity index is 3.20. The van der Waals surface area contributed by atoms with Gasteiger partial charge in [-0.2, -0.15) is 4.99 Å². The number of carbonyl (C=O) groups excluding carboxylic acids is 1. The van der Waals surface area contributed by atoms with E-state index in [0.29, 0.717) is 5.69 Å². The van der Waals surface area contributed by atoms with E-state index in [1.807, 2.05) is 0 Å². The van der Waals surface area contributed by atoms with E-state index in [2.05, 4.69) is 15.3 Å². The molecule has 0 aliphatic heterocycles. The normalized spacial score (nSPS) is 10.8. The third kappa shape index (κ3) is 4.59. The molecule has 0 spiro atoms. The van der Waals surface area contributed by atoms with Gasteiger partial charge in [0.15, 0.2) is 5.96 Å². The standard InChI is InChI=1S/C10H15BN6O3/c1-5(18)15-6-2-3-8(7(4-6)11(19)20)16-10(14)17-9(12)13/h2-4,19-20H,1H3,(H,15,18)(H6,12,13,14,16,17). The first-order valence-corrected chi connectivity index (χ1v) is 5.51. The summed E-state index contributed by atoms with van der Waals surface area (Å²) in [6, 6.07) is 4.32. The first kappa shape index (κ1) is 15.5. The lowest BCUT2D eigenvalue weighted by Gasteiger charge is -2.08. The molecule has 10 heteroatoms. The molecule has 0 saturated carbocycles. The third-order valence-corrected chi connectivity index (χ3v) is 2.10. The molecule has 0 bridgehead atoms. The lowest BCUT2D eigenvalue weighted by molar-refractivity contribution is -0.114. The Morgan fingerprint density at radius 1 is 1.30 bits per heavy atom. The first-order valence-electron chi connectivity index (χ1n) is 5.51. The van der Waals surface area contributed by atoms with Crippen LogP contribution < -0.4 is 28.0 Å².